The molecule has 1 fully saturated rings. The Morgan fingerprint density at radius 1 is 1.17 bits per heavy atom. The molecule has 8 heteroatoms. The Morgan fingerprint density at radius 3 is 2.62 bits per heavy atom. The van der Waals surface area contributed by atoms with Gasteiger partial charge in [0.25, 0.3) is 0 Å². The number of rotatable bonds is 7. The lowest BCUT2D eigenvalue weighted by Gasteiger charge is -2.35. The van der Waals surface area contributed by atoms with Crippen molar-refractivity contribution in [2.75, 3.05) is 6.54 Å². The molecule has 160 valence electrons. The number of nitrogens with zero attached hydrogens (tertiary/aromatic N) is 1. The summed E-state index contributed by atoms with van der Waals surface area (Å²) in [5.41, 5.74) is 6.64. The standard InChI is InChI=1S/C21H26FN3O2.2ClH/c22-17-7-4-8-18(12-17)27-20-16(6-5-11-24-20)14-25-19(26)13-21(15-23)9-2-1-3-10-21;;/h4-8,11-12H,1-3,9-10,13-15,23H2,(H,25,26);2*1H. The largest absolute Gasteiger partial charge is 0.439 e. The molecule has 1 heterocycles. The van der Waals surface area contributed by atoms with Crippen LogP contribution in [0.4, 0.5) is 4.39 Å². The number of pyridine rings is 1. The average Bonchev–Trinajstić information content (AvgIpc) is 2.68. The van der Waals surface area contributed by atoms with Crippen LogP contribution in [0.5, 0.6) is 11.6 Å². The summed E-state index contributed by atoms with van der Waals surface area (Å²) in [6.45, 7) is 0.846. The van der Waals surface area contributed by atoms with Crippen molar-refractivity contribution in [3.8, 4) is 11.6 Å². The second-order valence-corrected chi connectivity index (χ2v) is 7.25. The second-order valence-electron chi connectivity index (χ2n) is 7.25. The summed E-state index contributed by atoms with van der Waals surface area (Å²) >= 11 is 0. The number of hydrogen-bond acceptors (Lipinski definition) is 4. The quantitative estimate of drug-likeness (QED) is 0.645. The zero-order valence-electron chi connectivity index (χ0n) is 16.2. The van der Waals surface area contributed by atoms with Gasteiger partial charge in [0.2, 0.25) is 11.8 Å². The first-order valence-corrected chi connectivity index (χ1v) is 9.44. The van der Waals surface area contributed by atoms with E-state index in [1.165, 1.54) is 18.6 Å². The highest BCUT2D eigenvalue weighted by atomic mass is 35.5. The minimum atomic E-state index is -0.377. The van der Waals surface area contributed by atoms with E-state index in [0.717, 1.165) is 31.2 Å². The molecule has 1 aliphatic carbocycles. The maximum Gasteiger partial charge on any atom is 0.224 e. The lowest BCUT2D eigenvalue weighted by Crippen LogP contribution is -2.38. The van der Waals surface area contributed by atoms with Crippen LogP contribution in [0.1, 0.15) is 44.1 Å². The highest BCUT2D eigenvalue weighted by Crippen LogP contribution is 2.38. The van der Waals surface area contributed by atoms with Crippen LogP contribution >= 0.6 is 24.8 Å². The van der Waals surface area contributed by atoms with Crippen LogP contribution in [-0.2, 0) is 11.3 Å². The molecule has 5 nitrogen and oxygen atoms in total. The van der Waals surface area contributed by atoms with E-state index >= 15 is 0 Å². The Balaban J connectivity index is 0.00000210. The fourth-order valence-electron chi connectivity index (χ4n) is 3.64. The van der Waals surface area contributed by atoms with E-state index in [1.807, 2.05) is 6.07 Å². The summed E-state index contributed by atoms with van der Waals surface area (Å²) in [4.78, 5) is 16.7. The number of hydrogen-bond donors (Lipinski definition) is 2. The van der Waals surface area contributed by atoms with Crippen molar-refractivity contribution in [1.29, 1.82) is 0 Å². The topological polar surface area (TPSA) is 77.2 Å². The molecule has 0 spiro atoms. The average molecular weight is 444 g/mol. The van der Waals surface area contributed by atoms with E-state index in [9.17, 15) is 9.18 Å². The Bertz CT molecular complexity index is 786. The molecule has 0 saturated heterocycles. The van der Waals surface area contributed by atoms with Crippen LogP contribution in [-0.4, -0.2) is 17.4 Å². The van der Waals surface area contributed by atoms with Crippen LogP contribution in [0.2, 0.25) is 0 Å². The Kier molecular flexibility index (Phi) is 10.4. The van der Waals surface area contributed by atoms with Crippen LogP contribution in [0.25, 0.3) is 0 Å². The van der Waals surface area contributed by atoms with Crippen molar-refractivity contribution in [3.63, 3.8) is 0 Å². The van der Waals surface area contributed by atoms with Crippen LogP contribution in [0.3, 0.4) is 0 Å². The van der Waals surface area contributed by atoms with Crippen LogP contribution < -0.4 is 15.8 Å². The molecule has 3 N–H and O–H groups in total. The van der Waals surface area contributed by atoms with E-state index in [1.54, 1.807) is 24.4 Å². The maximum atomic E-state index is 13.3. The molecule has 0 aliphatic heterocycles. The van der Waals surface area contributed by atoms with E-state index in [0.29, 0.717) is 31.1 Å². The number of nitrogens with two attached hydrogens (primary N) is 1. The molecule has 1 amide bonds. The lowest BCUT2D eigenvalue weighted by molar-refractivity contribution is -0.124. The van der Waals surface area contributed by atoms with Crippen molar-refractivity contribution in [2.45, 2.75) is 45.1 Å². The van der Waals surface area contributed by atoms with Gasteiger partial charge in [-0.05, 0) is 43.0 Å². The summed E-state index contributed by atoms with van der Waals surface area (Å²) in [6, 6.07) is 9.50. The van der Waals surface area contributed by atoms with Crippen molar-refractivity contribution in [2.24, 2.45) is 11.1 Å². The minimum absolute atomic E-state index is 0. The molecule has 1 aromatic carbocycles. The second kappa shape index (κ2) is 12.0. The number of ether oxygens (including phenoxy) is 1. The summed E-state index contributed by atoms with van der Waals surface area (Å²) < 4.78 is 19.0. The first-order chi connectivity index (χ1) is 13.1. The van der Waals surface area contributed by atoms with E-state index in [2.05, 4.69) is 10.3 Å². The third-order valence-corrected chi connectivity index (χ3v) is 5.22. The van der Waals surface area contributed by atoms with Gasteiger partial charge in [0.15, 0.2) is 0 Å². The Morgan fingerprint density at radius 2 is 1.93 bits per heavy atom. The zero-order valence-corrected chi connectivity index (χ0v) is 17.9. The van der Waals surface area contributed by atoms with Gasteiger partial charge in [-0.3, -0.25) is 4.79 Å². The lowest BCUT2D eigenvalue weighted by atomic mass is 9.71. The zero-order chi connectivity index (χ0) is 19.1. The molecule has 2 aromatic rings. The summed E-state index contributed by atoms with van der Waals surface area (Å²) in [6.07, 6.45) is 7.57. The fourth-order valence-corrected chi connectivity index (χ4v) is 3.64. The predicted octanol–water partition coefficient (Wildman–Crippen LogP) is 4.77. The number of carbonyl (C=O) groups is 1. The molecule has 1 aliphatic rings. The van der Waals surface area contributed by atoms with Gasteiger partial charge in [-0.25, -0.2) is 9.37 Å². The van der Waals surface area contributed by atoms with Gasteiger partial charge in [-0.15, -0.1) is 24.8 Å². The van der Waals surface area contributed by atoms with Gasteiger partial charge in [-0.2, -0.15) is 0 Å². The molecule has 1 saturated carbocycles. The van der Waals surface area contributed by atoms with Gasteiger partial charge >= 0.3 is 0 Å². The third-order valence-electron chi connectivity index (χ3n) is 5.22. The van der Waals surface area contributed by atoms with Gasteiger partial charge < -0.3 is 15.8 Å². The highest BCUT2D eigenvalue weighted by Gasteiger charge is 2.32. The number of carbonyl (C=O) groups excluding carboxylic acids is 1. The van der Waals surface area contributed by atoms with E-state index < -0.39 is 0 Å². The molecule has 29 heavy (non-hydrogen) atoms. The summed E-state index contributed by atoms with van der Waals surface area (Å²) in [5, 5.41) is 2.95. The SMILES string of the molecule is Cl.Cl.NCC1(CC(=O)NCc2cccnc2Oc2cccc(F)c2)CCCCC1. The van der Waals surface area contributed by atoms with E-state index in [-0.39, 0.29) is 42.0 Å². The highest BCUT2D eigenvalue weighted by molar-refractivity contribution is 5.85. The fraction of sp³-hybridized carbons (Fsp3) is 0.429. The molecule has 0 atom stereocenters. The van der Waals surface area contributed by atoms with Crippen molar-refractivity contribution >= 4 is 30.7 Å². The molecular formula is C21H28Cl2FN3O2. The molecule has 3 rings (SSSR count). The predicted molar refractivity (Wildman–Crippen MR) is 116 cm³/mol. The number of halogens is 3. The first kappa shape index (κ1) is 25.1. The van der Waals surface area contributed by atoms with Gasteiger partial charge in [0.05, 0.1) is 0 Å². The molecular weight excluding hydrogens is 416 g/mol. The molecule has 0 unspecified atom stereocenters. The number of nitrogens with one attached hydrogen (secondary N) is 1. The number of benzene rings is 1. The monoisotopic (exact) mass is 443 g/mol. The Labute approximate surface area is 183 Å². The number of aromatic nitrogens is 1. The van der Waals surface area contributed by atoms with Crippen LogP contribution in [0.15, 0.2) is 42.6 Å². The Hall–Kier alpha value is -1.89. The van der Waals surface area contributed by atoms with Crippen LogP contribution in [0, 0.1) is 11.2 Å². The van der Waals surface area contributed by atoms with Gasteiger partial charge in [0.1, 0.15) is 11.6 Å². The molecule has 0 bridgehead atoms. The van der Waals surface area contributed by atoms with Crippen molar-refractivity contribution < 1.29 is 13.9 Å². The maximum absolute atomic E-state index is 13.3. The first-order valence-electron chi connectivity index (χ1n) is 9.44. The smallest absolute Gasteiger partial charge is 0.224 e. The van der Waals surface area contributed by atoms with Gasteiger partial charge in [-0.1, -0.05) is 31.4 Å². The minimum Gasteiger partial charge on any atom is -0.439 e. The normalized spacial score (nSPS) is 14.8. The van der Waals surface area contributed by atoms with E-state index in [4.69, 9.17) is 10.5 Å². The van der Waals surface area contributed by atoms with Crippen molar-refractivity contribution in [1.82, 2.24) is 10.3 Å². The summed E-state index contributed by atoms with van der Waals surface area (Å²) in [7, 11) is 0. The molecule has 1 aromatic heterocycles. The molecule has 0 radical (unpaired) electrons. The third kappa shape index (κ3) is 7.14. The van der Waals surface area contributed by atoms with Gasteiger partial charge in [0, 0.05) is 30.8 Å². The number of amides is 1. The van der Waals surface area contributed by atoms with Crippen molar-refractivity contribution in [3.05, 3.63) is 54.0 Å². The summed E-state index contributed by atoms with van der Waals surface area (Å²) in [5.74, 6) is 0.334.